The Morgan fingerprint density at radius 1 is 1.17 bits per heavy atom. The highest BCUT2D eigenvalue weighted by molar-refractivity contribution is 5.93. The van der Waals surface area contributed by atoms with E-state index in [9.17, 15) is 9.59 Å². The number of rotatable bonds is 8. The van der Waals surface area contributed by atoms with Crippen molar-refractivity contribution in [1.29, 1.82) is 0 Å². The molecular weight excluding hydrogens is 302 g/mol. The van der Waals surface area contributed by atoms with Crippen LogP contribution >= 0.6 is 0 Å². The van der Waals surface area contributed by atoms with Crippen molar-refractivity contribution in [2.24, 2.45) is 0 Å². The van der Waals surface area contributed by atoms with Gasteiger partial charge < -0.3 is 10.2 Å². The lowest BCUT2D eigenvalue weighted by atomic mass is 10.0. The van der Waals surface area contributed by atoms with Crippen LogP contribution in [0, 0.1) is 0 Å². The van der Waals surface area contributed by atoms with Crippen molar-refractivity contribution in [1.82, 2.24) is 15.2 Å². The maximum atomic E-state index is 12.3. The van der Waals surface area contributed by atoms with Crippen LogP contribution < -0.4 is 5.32 Å². The molecule has 0 bridgehead atoms. The van der Waals surface area contributed by atoms with Crippen molar-refractivity contribution in [3.05, 3.63) is 65.5 Å². The molecule has 0 fully saturated rings. The van der Waals surface area contributed by atoms with Gasteiger partial charge in [-0.25, -0.2) is 0 Å². The molecule has 5 nitrogen and oxygen atoms in total. The van der Waals surface area contributed by atoms with Crippen molar-refractivity contribution in [2.75, 3.05) is 13.1 Å². The number of hydrogen-bond acceptors (Lipinski definition) is 3. The summed E-state index contributed by atoms with van der Waals surface area (Å²) in [5, 5.41) is 2.83. The summed E-state index contributed by atoms with van der Waals surface area (Å²) in [5.74, 6) is -0.00956. The van der Waals surface area contributed by atoms with Gasteiger partial charge in [-0.2, -0.15) is 0 Å². The van der Waals surface area contributed by atoms with Gasteiger partial charge in [-0.15, -0.1) is 0 Å². The number of amides is 2. The van der Waals surface area contributed by atoms with Gasteiger partial charge in [0, 0.05) is 31.4 Å². The average Bonchev–Trinajstić information content (AvgIpc) is 2.63. The van der Waals surface area contributed by atoms with Crippen LogP contribution in [0.2, 0.25) is 0 Å². The third kappa shape index (κ3) is 4.41. The molecule has 1 atom stereocenters. The summed E-state index contributed by atoms with van der Waals surface area (Å²) >= 11 is 0. The Morgan fingerprint density at radius 2 is 1.88 bits per heavy atom. The normalized spacial score (nSPS) is 11.6. The van der Waals surface area contributed by atoms with Gasteiger partial charge >= 0.3 is 0 Å². The zero-order chi connectivity index (χ0) is 17.4. The van der Waals surface area contributed by atoms with E-state index >= 15 is 0 Å². The molecule has 0 radical (unpaired) electrons. The zero-order valence-corrected chi connectivity index (χ0v) is 14.1. The molecule has 2 aromatic rings. The molecule has 5 heteroatoms. The SMILES string of the molecule is CCN(CC)C(=O)c1ccc(CC(NC=O)c2ccccc2)nc1. The lowest BCUT2D eigenvalue weighted by molar-refractivity contribution is -0.110. The fourth-order valence-electron chi connectivity index (χ4n) is 2.61. The maximum absolute atomic E-state index is 12.3. The fraction of sp³-hybridized carbons (Fsp3) is 0.316. The van der Waals surface area contributed by atoms with Gasteiger partial charge in [0.2, 0.25) is 6.41 Å². The van der Waals surface area contributed by atoms with E-state index in [4.69, 9.17) is 0 Å². The minimum Gasteiger partial charge on any atom is -0.351 e. The number of carbonyl (C=O) groups is 2. The predicted octanol–water partition coefficient (Wildman–Crippen LogP) is 2.59. The number of nitrogens with zero attached hydrogens (tertiary/aromatic N) is 2. The Morgan fingerprint density at radius 3 is 2.42 bits per heavy atom. The Kier molecular flexibility index (Phi) is 6.49. The van der Waals surface area contributed by atoms with Crippen LogP contribution in [0.15, 0.2) is 48.7 Å². The second-order valence-corrected chi connectivity index (χ2v) is 5.47. The van der Waals surface area contributed by atoms with Crippen molar-refractivity contribution < 1.29 is 9.59 Å². The first-order chi connectivity index (χ1) is 11.7. The van der Waals surface area contributed by atoms with E-state index in [1.807, 2.05) is 50.2 Å². The van der Waals surface area contributed by atoms with Gasteiger partial charge in [-0.05, 0) is 31.5 Å². The molecule has 1 unspecified atom stereocenters. The topological polar surface area (TPSA) is 62.3 Å². The lowest BCUT2D eigenvalue weighted by Crippen LogP contribution is -2.30. The third-order valence-electron chi connectivity index (χ3n) is 4.01. The van der Waals surface area contributed by atoms with Gasteiger partial charge in [0.1, 0.15) is 0 Å². The number of carbonyl (C=O) groups excluding carboxylic acids is 2. The van der Waals surface area contributed by atoms with Crippen LogP contribution in [0.4, 0.5) is 0 Å². The molecule has 1 aromatic carbocycles. The second-order valence-electron chi connectivity index (χ2n) is 5.47. The summed E-state index contributed by atoms with van der Waals surface area (Å²) < 4.78 is 0. The summed E-state index contributed by atoms with van der Waals surface area (Å²) in [6, 6.07) is 13.3. The van der Waals surface area contributed by atoms with E-state index < -0.39 is 0 Å². The molecule has 0 aliphatic heterocycles. The summed E-state index contributed by atoms with van der Waals surface area (Å²) in [6.45, 7) is 5.27. The van der Waals surface area contributed by atoms with Gasteiger partial charge in [-0.1, -0.05) is 30.3 Å². The molecule has 0 aliphatic rings. The monoisotopic (exact) mass is 325 g/mol. The van der Waals surface area contributed by atoms with Crippen molar-refractivity contribution in [2.45, 2.75) is 26.3 Å². The molecule has 0 saturated heterocycles. The minimum atomic E-state index is -0.138. The highest BCUT2D eigenvalue weighted by Crippen LogP contribution is 2.17. The van der Waals surface area contributed by atoms with Gasteiger partial charge in [-0.3, -0.25) is 14.6 Å². The van der Waals surface area contributed by atoms with Crippen LogP contribution in [0.1, 0.15) is 41.5 Å². The molecule has 1 heterocycles. The summed E-state index contributed by atoms with van der Waals surface area (Å²) in [5.41, 5.74) is 2.44. The van der Waals surface area contributed by atoms with Crippen LogP contribution in [0.5, 0.6) is 0 Å². The summed E-state index contributed by atoms with van der Waals surface area (Å²) in [6.07, 6.45) is 2.89. The van der Waals surface area contributed by atoms with E-state index in [1.165, 1.54) is 0 Å². The predicted molar refractivity (Wildman–Crippen MR) is 93.6 cm³/mol. The Balaban J connectivity index is 2.12. The molecular formula is C19H23N3O2. The van der Waals surface area contributed by atoms with E-state index in [0.717, 1.165) is 11.3 Å². The molecule has 2 amide bonds. The van der Waals surface area contributed by atoms with E-state index in [-0.39, 0.29) is 11.9 Å². The fourth-order valence-corrected chi connectivity index (χ4v) is 2.61. The highest BCUT2D eigenvalue weighted by Gasteiger charge is 2.15. The molecule has 1 aromatic heterocycles. The molecule has 0 saturated carbocycles. The quantitative estimate of drug-likeness (QED) is 0.759. The first kappa shape index (κ1) is 17.7. The van der Waals surface area contributed by atoms with Crippen molar-refractivity contribution in [3.8, 4) is 0 Å². The number of nitrogens with one attached hydrogen (secondary N) is 1. The number of pyridine rings is 1. The Bertz CT molecular complexity index is 652. The molecule has 126 valence electrons. The van der Waals surface area contributed by atoms with E-state index in [0.29, 0.717) is 31.5 Å². The molecule has 24 heavy (non-hydrogen) atoms. The summed E-state index contributed by atoms with van der Waals surface area (Å²) in [4.78, 5) is 29.3. The molecule has 2 rings (SSSR count). The largest absolute Gasteiger partial charge is 0.351 e. The van der Waals surface area contributed by atoms with Crippen LogP contribution in [0.25, 0.3) is 0 Å². The van der Waals surface area contributed by atoms with E-state index in [2.05, 4.69) is 10.3 Å². The van der Waals surface area contributed by atoms with Crippen LogP contribution in [-0.2, 0) is 11.2 Å². The first-order valence-corrected chi connectivity index (χ1v) is 8.18. The van der Waals surface area contributed by atoms with Gasteiger partial charge in [0.15, 0.2) is 0 Å². The van der Waals surface area contributed by atoms with Gasteiger partial charge in [0.25, 0.3) is 5.91 Å². The highest BCUT2D eigenvalue weighted by atomic mass is 16.2. The zero-order valence-electron chi connectivity index (χ0n) is 14.1. The Labute approximate surface area is 142 Å². The van der Waals surface area contributed by atoms with Crippen molar-refractivity contribution >= 4 is 12.3 Å². The smallest absolute Gasteiger partial charge is 0.255 e. The van der Waals surface area contributed by atoms with Crippen LogP contribution in [-0.4, -0.2) is 35.3 Å². The number of benzene rings is 1. The van der Waals surface area contributed by atoms with Crippen LogP contribution in [0.3, 0.4) is 0 Å². The minimum absolute atomic E-state index is 0.00956. The molecule has 1 N–H and O–H groups in total. The number of aromatic nitrogens is 1. The lowest BCUT2D eigenvalue weighted by Gasteiger charge is -2.19. The average molecular weight is 325 g/mol. The van der Waals surface area contributed by atoms with Gasteiger partial charge in [0.05, 0.1) is 11.6 Å². The molecule has 0 spiro atoms. The Hall–Kier alpha value is -2.69. The first-order valence-electron chi connectivity index (χ1n) is 8.18. The summed E-state index contributed by atoms with van der Waals surface area (Å²) in [7, 11) is 0. The maximum Gasteiger partial charge on any atom is 0.255 e. The second kappa shape index (κ2) is 8.82. The third-order valence-corrected chi connectivity index (χ3v) is 4.01. The van der Waals surface area contributed by atoms with Crippen molar-refractivity contribution in [3.63, 3.8) is 0 Å². The molecule has 0 aliphatic carbocycles. The number of hydrogen-bond donors (Lipinski definition) is 1. The van der Waals surface area contributed by atoms with E-state index in [1.54, 1.807) is 17.2 Å². The standard InChI is InChI=1S/C19H23N3O2/c1-3-22(4-2)19(24)16-10-11-17(20-13-16)12-18(21-14-23)15-8-6-5-7-9-15/h5-11,13-14,18H,3-4,12H2,1-2H3,(H,21,23).